The van der Waals surface area contributed by atoms with Crippen LogP contribution >= 0.6 is 0 Å². The van der Waals surface area contributed by atoms with E-state index in [1.165, 1.54) is 0 Å². The van der Waals surface area contributed by atoms with E-state index >= 15 is 0 Å². The van der Waals surface area contributed by atoms with Gasteiger partial charge >= 0.3 is 5.97 Å². The first-order valence-electron chi connectivity index (χ1n) is 10.7. The van der Waals surface area contributed by atoms with E-state index in [1.807, 2.05) is 0 Å². The van der Waals surface area contributed by atoms with Crippen LogP contribution in [0.25, 0.3) is 0 Å². The molecule has 1 amide bonds. The summed E-state index contributed by atoms with van der Waals surface area (Å²) < 4.78 is 0. The van der Waals surface area contributed by atoms with E-state index in [2.05, 4.69) is 44.1 Å². The van der Waals surface area contributed by atoms with Crippen LogP contribution in [0.15, 0.2) is 0 Å². The minimum atomic E-state index is -0.871. The van der Waals surface area contributed by atoms with E-state index in [-0.39, 0.29) is 24.3 Å². The van der Waals surface area contributed by atoms with Gasteiger partial charge in [-0.3, -0.25) is 9.59 Å². The topological polar surface area (TPSA) is 139 Å². The van der Waals surface area contributed by atoms with Gasteiger partial charge < -0.3 is 42.3 Å². The highest BCUT2D eigenvalue weighted by molar-refractivity contribution is 5.77. The van der Waals surface area contributed by atoms with Crippen molar-refractivity contribution in [2.75, 3.05) is 72.0 Å². The molecule has 29 heavy (non-hydrogen) atoms. The fourth-order valence-corrected chi connectivity index (χ4v) is 3.78. The van der Waals surface area contributed by atoms with Crippen LogP contribution < -0.4 is 37.2 Å². The minimum Gasteiger partial charge on any atom is -0.481 e. The number of aliphatic carboxylic acids is 1. The molecule has 0 aromatic carbocycles. The van der Waals surface area contributed by atoms with Gasteiger partial charge in [0.1, 0.15) is 0 Å². The fourth-order valence-electron chi connectivity index (χ4n) is 3.78. The van der Waals surface area contributed by atoms with Crippen LogP contribution in [-0.4, -0.2) is 100 Å². The number of hydrogen-bond donors (Lipinski definition) is 8. The molecule has 0 radical (unpaired) electrons. The lowest BCUT2D eigenvalue weighted by atomic mass is 9.97. The molecule has 2 rings (SSSR count). The van der Waals surface area contributed by atoms with Crippen LogP contribution in [0, 0.1) is 0 Å². The number of carboxylic acids is 1. The van der Waals surface area contributed by atoms with Gasteiger partial charge in [0.2, 0.25) is 5.91 Å². The molecule has 0 unspecified atom stereocenters. The Morgan fingerprint density at radius 2 is 1.28 bits per heavy atom. The van der Waals surface area contributed by atoms with Crippen molar-refractivity contribution in [3.05, 3.63) is 0 Å². The quantitative estimate of drug-likeness (QED) is 0.244. The SMILES string of the molecule is CC12CNCCNCC(NC(=O)CCCC(=O)O)(CNCCNC1)CNCCN2. The lowest BCUT2D eigenvalue weighted by Crippen LogP contribution is -2.65. The number of nitrogens with one attached hydrogen (secondary N) is 7. The maximum Gasteiger partial charge on any atom is 0.303 e. The molecule has 0 atom stereocenters. The second-order valence-corrected chi connectivity index (χ2v) is 8.45. The Hall–Kier alpha value is -1.30. The molecular formula is C19H39N7O3. The highest BCUT2D eigenvalue weighted by atomic mass is 16.4. The van der Waals surface area contributed by atoms with E-state index in [4.69, 9.17) is 5.11 Å². The molecule has 2 heterocycles. The molecule has 0 aromatic heterocycles. The van der Waals surface area contributed by atoms with Gasteiger partial charge in [0.05, 0.1) is 5.54 Å². The Bertz CT molecular complexity index is 502. The van der Waals surface area contributed by atoms with Crippen molar-refractivity contribution in [2.45, 2.75) is 37.3 Å². The molecule has 2 saturated heterocycles. The third kappa shape index (κ3) is 9.37. The first-order chi connectivity index (χ1) is 13.9. The van der Waals surface area contributed by atoms with Crippen molar-refractivity contribution in [3.8, 4) is 0 Å². The Morgan fingerprint density at radius 1 is 0.793 bits per heavy atom. The molecule has 8 N–H and O–H groups in total. The number of carbonyl (C=O) groups excluding carboxylic acids is 1. The van der Waals surface area contributed by atoms with Gasteiger partial charge in [-0.2, -0.15) is 0 Å². The number of rotatable bonds is 5. The summed E-state index contributed by atoms with van der Waals surface area (Å²) in [4.78, 5) is 23.3. The first kappa shape index (κ1) is 24.0. The molecule has 0 saturated carbocycles. The van der Waals surface area contributed by atoms with E-state index in [0.29, 0.717) is 26.1 Å². The lowest BCUT2D eigenvalue weighted by Gasteiger charge is -2.36. The van der Waals surface area contributed by atoms with E-state index < -0.39 is 11.5 Å². The average Bonchev–Trinajstić information content (AvgIpc) is 2.68. The van der Waals surface area contributed by atoms with Gasteiger partial charge in [0, 0.05) is 90.4 Å². The van der Waals surface area contributed by atoms with Gasteiger partial charge in [0.25, 0.3) is 0 Å². The molecular weight excluding hydrogens is 374 g/mol. The summed E-state index contributed by atoms with van der Waals surface area (Å²) in [6.45, 7) is 10.8. The minimum absolute atomic E-state index is 0.0109. The van der Waals surface area contributed by atoms with Crippen LogP contribution in [-0.2, 0) is 9.59 Å². The lowest BCUT2D eigenvalue weighted by molar-refractivity contribution is -0.137. The van der Waals surface area contributed by atoms with Gasteiger partial charge in [-0.25, -0.2) is 0 Å². The Labute approximate surface area is 173 Å². The first-order valence-corrected chi connectivity index (χ1v) is 10.7. The highest BCUT2D eigenvalue weighted by Gasteiger charge is 2.32. The number of hydrogen-bond acceptors (Lipinski definition) is 8. The van der Waals surface area contributed by atoms with Crippen LogP contribution in [0.2, 0.25) is 0 Å². The van der Waals surface area contributed by atoms with Crippen LogP contribution in [0.1, 0.15) is 26.2 Å². The number of carboxylic acid groups (broad SMARTS) is 1. The third-order valence-electron chi connectivity index (χ3n) is 5.43. The summed E-state index contributed by atoms with van der Waals surface area (Å²) in [6, 6.07) is 0. The molecule has 168 valence electrons. The molecule has 0 aliphatic carbocycles. The second-order valence-electron chi connectivity index (χ2n) is 8.45. The summed E-state index contributed by atoms with van der Waals surface area (Å²) in [5.74, 6) is -0.975. The maximum absolute atomic E-state index is 12.5. The van der Waals surface area contributed by atoms with Gasteiger partial charge in [0.15, 0.2) is 0 Å². The highest BCUT2D eigenvalue weighted by Crippen LogP contribution is 2.06. The molecule has 10 heteroatoms. The molecule has 2 aliphatic rings. The zero-order valence-corrected chi connectivity index (χ0v) is 17.7. The van der Waals surface area contributed by atoms with Gasteiger partial charge in [-0.05, 0) is 13.3 Å². The predicted molar refractivity (Wildman–Crippen MR) is 113 cm³/mol. The smallest absolute Gasteiger partial charge is 0.303 e. The van der Waals surface area contributed by atoms with Crippen molar-refractivity contribution in [1.29, 1.82) is 0 Å². The Balaban J connectivity index is 2.07. The molecule has 2 aliphatic heterocycles. The third-order valence-corrected chi connectivity index (χ3v) is 5.43. The monoisotopic (exact) mass is 413 g/mol. The Morgan fingerprint density at radius 3 is 1.79 bits per heavy atom. The number of fused-ring (bicyclic) bond motifs is 6. The molecule has 10 nitrogen and oxygen atoms in total. The summed E-state index contributed by atoms with van der Waals surface area (Å²) in [6.07, 6.45) is 0.579. The zero-order valence-electron chi connectivity index (χ0n) is 17.7. The van der Waals surface area contributed by atoms with Gasteiger partial charge in [-0.15, -0.1) is 0 Å². The molecule has 2 fully saturated rings. The standard InChI is InChI=1S/C19H39N7O3/c1-18-11-20-5-7-22-13-19(15-24-9-10-25-18,14-23-8-6-21-12-18)26-16(27)3-2-4-17(28)29/h20-25H,2-15H2,1H3,(H,26,27)(H,28,29). The van der Waals surface area contributed by atoms with E-state index in [0.717, 1.165) is 52.4 Å². The van der Waals surface area contributed by atoms with Crippen molar-refractivity contribution in [1.82, 2.24) is 37.2 Å². The van der Waals surface area contributed by atoms with Crippen LogP contribution in [0.3, 0.4) is 0 Å². The largest absolute Gasteiger partial charge is 0.481 e. The van der Waals surface area contributed by atoms with Crippen molar-refractivity contribution in [3.63, 3.8) is 0 Å². The second kappa shape index (κ2) is 12.4. The van der Waals surface area contributed by atoms with E-state index in [1.54, 1.807) is 0 Å². The molecule has 2 bridgehead atoms. The summed E-state index contributed by atoms with van der Waals surface area (Å²) in [5, 5.41) is 33.1. The van der Waals surface area contributed by atoms with Crippen molar-refractivity contribution in [2.24, 2.45) is 0 Å². The number of carbonyl (C=O) groups is 2. The normalized spacial score (nSPS) is 30.4. The summed E-state index contributed by atoms with van der Waals surface area (Å²) in [7, 11) is 0. The van der Waals surface area contributed by atoms with Crippen LogP contribution in [0.4, 0.5) is 0 Å². The summed E-state index contributed by atoms with van der Waals surface area (Å²) in [5.41, 5.74) is -0.509. The Kier molecular flexibility index (Phi) is 10.3. The van der Waals surface area contributed by atoms with Crippen molar-refractivity contribution < 1.29 is 14.7 Å². The average molecular weight is 414 g/mol. The fraction of sp³-hybridized carbons (Fsp3) is 0.895. The van der Waals surface area contributed by atoms with Gasteiger partial charge in [-0.1, -0.05) is 0 Å². The summed E-state index contributed by atoms with van der Waals surface area (Å²) >= 11 is 0. The predicted octanol–water partition coefficient (Wildman–Crippen LogP) is -2.58. The van der Waals surface area contributed by atoms with E-state index in [9.17, 15) is 9.59 Å². The zero-order chi connectivity index (χ0) is 21.0. The van der Waals surface area contributed by atoms with Crippen LogP contribution in [0.5, 0.6) is 0 Å². The van der Waals surface area contributed by atoms with Crippen molar-refractivity contribution >= 4 is 11.9 Å². The maximum atomic E-state index is 12.5. The molecule has 0 aromatic rings. The molecule has 0 spiro atoms. The number of amides is 1.